The Bertz CT molecular complexity index is 604. The summed E-state index contributed by atoms with van der Waals surface area (Å²) in [7, 11) is 1.88. The quantitative estimate of drug-likeness (QED) is 0.882. The van der Waals surface area contributed by atoms with Crippen molar-refractivity contribution in [1.29, 1.82) is 0 Å². The second-order valence-electron chi connectivity index (χ2n) is 4.93. The number of rotatable bonds is 5. The van der Waals surface area contributed by atoms with Crippen molar-refractivity contribution in [1.82, 2.24) is 9.78 Å². The Morgan fingerprint density at radius 3 is 2.75 bits per heavy atom. The second kappa shape index (κ2) is 5.94. The van der Waals surface area contributed by atoms with E-state index in [2.05, 4.69) is 10.4 Å². The van der Waals surface area contributed by atoms with E-state index in [1.807, 2.05) is 27.0 Å². The van der Waals surface area contributed by atoms with Crippen LogP contribution in [0.4, 0.5) is 15.9 Å². The summed E-state index contributed by atoms with van der Waals surface area (Å²) in [5.41, 5.74) is 9.78. The van der Waals surface area contributed by atoms with E-state index >= 15 is 0 Å². The van der Waals surface area contributed by atoms with Crippen molar-refractivity contribution in [2.24, 2.45) is 7.05 Å². The van der Waals surface area contributed by atoms with Gasteiger partial charge >= 0.3 is 0 Å². The molecule has 1 aromatic carbocycles. The normalized spacial score (nSPS) is 10.8. The minimum Gasteiger partial charge on any atom is -0.394 e. The molecule has 0 aliphatic rings. The highest BCUT2D eigenvalue weighted by Crippen LogP contribution is 2.22. The molecule has 20 heavy (non-hydrogen) atoms. The summed E-state index contributed by atoms with van der Waals surface area (Å²) in [6.45, 7) is 4.69. The van der Waals surface area contributed by atoms with Crippen molar-refractivity contribution < 1.29 is 4.39 Å². The number of hydrogen-bond acceptors (Lipinski definition) is 3. The van der Waals surface area contributed by atoms with E-state index in [1.54, 1.807) is 10.7 Å². The molecular formula is C15H21FN4. The fraction of sp³-hybridized carbons (Fsp3) is 0.400. The highest BCUT2D eigenvalue weighted by atomic mass is 19.1. The van der Waals surface area contributed by atoms with Crippen molar-refractivity contribution >= 4 is 11.5 Å². The summed E-state index contributed by atoms with van der Waals surface area (Å²) in [6, 6.07) is 4.88. The molecule has 3 N–H and O–H groups in total. The zero-order valence-electron chi connectivity index (χ0n) is 12.2. The van der Waals surface area contributed by atoms with Crippen LogP contribution in [0.3, 0.4) is 0 Å². The molecule has 0 aliphatic carbocycles. The van der Waals surface area contributed by atoms with Gasteiger partial charge in [0.2, 0.25) is 0 Å². The van der Waals surface area contributed by atoms with Gasteiger partial charge in [0.1, 0.15) is 11.6 Å². The molecule has 0 radical (unpaired) electrons. The van der Waals surface area contributed by atoms with E-state index in [0.717, 1.165) is 42.0 Å². The van der Waals surface area contributed by atoms with E-state index in [0.29, 0.717) is 5.69 Å². The Balaban J connectivity index is 2.01. The lowest BCUT2D eigenvalue weighted by Gasteiger charge is -2.09. The van der Waals surface area contributed by atoms with Crippen LogP contribution in [0.1, 0.15) is 23.7 Å². The first-order chi connectivity index (χ1) is 9.52. The zero-order chi connectivity index (χ0) is 14.7. The standard InChI is InChI=1S/C15H21FN4/c1-4-13-14(17)15(20(3)19-13)18-8-7-11-5-6-12(16)9-10(11)2/h5-6,9,18H,4,7-8,17H2,1-3H3. The van der Waals surface area contributed by atoms with Gasteiger partial charge in [-0.2, -0.15) is 5.10 Å². The fourth-order valence-corrected chi connectivity index (χ4v) is 2.32. The van der Waals surface area contributed by atoms with Crippen molar-refractivity contribution in [3.8, 4) is 0 Å². The molecule has 5 heteroatoms. The first-order valence-corrected chi connectivity index (χ1v) is 6.83. The summed E-state index contributed by atoms with van der Waals surface area (Å²) in [5.74, 6) is 0.657. The summed E-state index contributed by atoms with van der Waals surface area (Å²) in [5, 5.41) is 7.67. The zero-order valence-corrected chi connectivity index (χ0v) is 12.2. The highest BCUT2D eigenvalue weighted by molar-refractivity contribution is 5.65. The van der Waals surface area contributed by atoms with Crippen molar-refractivity contribution in [3.05, 3.63) is 40.8 Å². The SMILES string of the molecule is CCc1nn(C)c(NCCc2ccc(F)cc2C)c1N. The predicted octanol–water partition coefficient (Wildman–Crippen LogP) is 2.67. The fourth-order valence-electron chi connectivity index (χ4n) is 2.32. The first kappa shape index (κ1) is 14.4. The van der Waals surface area contributed by atoms with Crippen LogP contribution < -0.4 is 11.1 Å². The third-order valence-corrected chi connectivity index (χ3v) is 3.49. The first-order valence-electron chi connectivity index (χ1n) is 6.83. The van der Waals surface area contributed by atoms with Crippen LogP contribution >= 0.6 is 0 Å². The predicted molar refractivity (Wildman–Crippen MR) is 80.3 cm³/mol. The highest BCUT2D eigenvalue weighted by Gasteiger charge is 2.11. The molecule has 1 aromatic heterocycles. The molecular weight excluding hydrogens is 255 g/mol. The Morgan fingerprint density at radius 2 is 2.15 bits per heavy atom. The number of nitrogens with one attached hydrogen (secondary N) is 1. The molecule has 0 saturated heterocycles. The van der Waals surface area contributed by atoms with Crippen LogP contribution in [0.25, 0.3) is 0 Å². The Morgan fingerprint density at radius 1 is 1.40 bits per heavy atom. The maximum absolute atomic E-state index is 13.0. The van der Waals surface area contributed by atoms with Crippen LogP contribution in [-0.4, -0.2) is 16.3 Å². The second-order valence-corrected chi connectivity index (χ2v) is 4.93. The van der Waals surface area contributed by atoms with E-state index in [4.69, 9.17) is 5.73 Å². The third-order valence-electron chi connectivity index (χ3n) is 3.49. The average molecular weight is 276 g/mol. The van der Waals surface area contributed by atoms with E-state index in [1.165, 1.54) is 6.07 Å². The molecule has 0 fully saturated rings. The Labute approximate surface area is 118 Å². The molecule has 108 valence electrons. The van der Waals surface area contributed by atoms with Crippen LogP contribution in [0.2, 0.25) is 0 Å². The Hall–Kier alpha value is -2.04. The van der Waals surface area contributed by atoms with Crippen LogP contribution in [0, 0.1) is 12.7 Å². The number of nitrogens with two attached hydrogens (primary N) is 1. The van der Waals surface area contributed by atoms with Crippen LogP contribution in [0.15, 0.2) is 18.2 Å². The molecule has 0 amide bonds. The summed E-state index contributed by atoms with van der Waals surface area (Å²) >= 11 is 0. The summed E-state index contributed by atoms with van der Waals surface area (Å²) in [6.07, 6.45) is 1.64. The van der Waals surface area contributed by atoms with E-state index in [-0.39, 0.29) is 5.82 Å². The van der Waals surface area contributed by atoms with Gasteiger partial charge in [0.05, 0.1) is 11.4 Å². The molecule has 0 bridgehead atoms. The topological polar surface area (TPSA) is 55.9 Å². The number of nitrogens with zero attached hydrogens (tertiary/aromatic N) is 2. The molecule has 0 aliphatic heterocycles. The lowest BCUT2D eigenvalue weighted by molar-refractivity contribution is 0.625. The Kier molecular flexibility index (Phi) is 4.27. The molecule has 0 atom stereocenters. The number of anilines is 2. The van der Waals surface area contributed by atoms with Gasteiger partial charge in [-0.05, 0) is 43.0 Å². The number of benzene rings is 1. The molecule has 0 unspecified atom stereocenters. The van der Waals surface area contributed by atoms with E-state index < -0.39 is 0 Å². The minimum atomic E-state index is -0.192. The molecule has 0 spiro atoms. The maximum atomic E-state index is 13.0. The summed E-state index contributed by atoms with van der Waals surface area (Å²) < 4.78 is 14.8. The van der Waals surface area contributed by atoms with Crippen molar-refractivity contribution in [2.75, 3.05) is 17.6 Å². The molecule has 2 aromatic rings. The van der Waals surface area contributed by atoms with Gasteiger partial charge in [0.25, 0.3) is 0 Å². The smallest absolute Gasteiger partial charge is 0.147 e. The number of hydrogen-bond donors (Lipinski definition) is 2. The molecule has 4 nitrogen and oxygen atoms in total. The van der Waals surface area contributed by atoms with Gasteiger partial charge in [0, 0.05) is 13.6 Å². The molecule has 0 saturated carbocycles. The van der Waals surface area contributed by atoms with Gasteiger partial charge in [0.15, 0.2) is 0 Å². The number of aryl methyl sites for hydroxylation is 3. The largest absolute Gasteiger partial charge is 0.394 e. The molecule has 1 heterocycles. The average Bonchev–Trinajstić information content (AvgIpc) is 2.68. The van der Waals surface area contributed by atoms with E-state index in [9.17, 15) is 4.39 Å². The van der Waals surface area contributed by atoms with Crippen LogP contribution in [-0.2, 0) is 19.9 Å². The number of aromatic nitrogens is 2. The lowest BCUT2D eigenvalue weighted by Crippen LogP contribution is -2.10. The van der Waals surface area contributed by atoms with Gasteiger partial charge in [-0.15, -0.1) is 0 Å². The summed E-state index contributed by atoms with van der Waals surface area (Å²) in [4.78, 5) is 0. The monoisotopic (exact) mass is 276 g/mol. The van der Waals surface area contributed by atoms with Gasteiger partial charge in [-0.1, -0.05) is 13.0 Å². The van der Waals surface area contributed by atoms with Gasteiger partial charge in [-0.3, -0.25) is 4.68 Å². The minimum absolute atomic E-state index is 0.192. The van der Waals surface area contributed by atoms with Gasteiger partial charge in [-0.25, -0.2) is 4.39 Å². The van der Waals surface area contributed by atoms with Gasteiger partial charge < -0.3 is 11.1 Å². The van der Waals surface area contributed by atoms with Crippen molar-refractivity contribution in [2.45, 2.75) is 26.7 Å². The number of nitrogen functional groups attached to an aromatic ring is 1. The third kappa shape index (κ3) is 2.92. The number of halogens is 1. The van der Waals surface area contributed by atoms with Crippen molar-refractivity contribution in [3.63, 3.8) is 0 Å². The van der Waals surface area contributed by atoms with Crippen LogP contribution in [0.5, 0.6) is 0 Å². The molecule has 2 rings (SSSR count). The lowest BCUT2D eigenvalue weighted by atomic mass is 10.1. The maximum Gasteiger partial charge on any atom is 0.147 e.